The maximum atomic E-state index is 13.6. The van der Waals surface area contributed by atoms with E-state index in [4.69, 9.17) is 5.11 Å². The second-order valence-corrected chi connectivity index (χ2v) is 3.88. The van der Waals surface area contributed by atoms with Gasteiger partial charge in [-0.3, -0.25) is 4.68 Å². The van der Waals surface area contributed by atoms with Crippen LogP contribution in [0.15, 0.2) is 18.3 Å². The van der Waals surface area contributed by atoms with Gasteiger partial charge in [-0.05, 0) is 26.0 Å². The number of carboxylic acid groups (broad SMARTS) is 1. The minimum atomic E-state index is -1.14. The molecule has 0 radical (unpaired) electrons. The Bertz CT molecular complexity index is 560. The number of fused-ring (bicyclic) bond motifs is 1. The van der Waals surface area contributed by atoms with E-state index in [9.17, 15) is 9.18 Å². The van der Waals surface area contributed by atoms with Gasteiger partial charge in [0.25, 0.3) is 0 Å². The summed E-state index contributed by atoms with van der Waals surface area (Å²) in [5, 5.41) is 13.2. The largest absolute Gasteiger partial charge is 0.478 e. The number of aromatic carboxylic acids is 1. The maximum Gasteiger partial charge on any atom is 0.335 e. The van der Waals surface area contributed by atoms with E-state index >= 15 is 0 Å². The predicted molar refractivity (Wildman–Crippen MR) is 57.0 cm³/mol. The van der Waals surface area contributed by atoms with Gasteiger partial charge in [-0.15, -0.1) is 0 Å². The van der Waals surface area contributed by atoms with Crippen molar-refractivity contribution in [3.05, 3.63) is 29.7 Å². The number of hydrogen-bond acceptors (Lipinski definition) is 2. The molecule has 5 heteroatoms. The van der Waals surface area contributed by atoms with Crippen LogP contribution in [0.25, 0.3) is 10.9 Å². The minimum absolute atomic E-state index is 0.0564. The van der Waals surface area contributed by atoms with Crippen molar-refractivity contribution in [3.8, 4) is 0 Å². The monoisotopic (exact) mass is 222 g/mol. The molecule has 1 heterocycles. The van der Waals surface area contributed by atoms with Gasteiger partial charge in [0, 0.05) is 6.04 Å². The van der Waals surface area contributed by atoms with E-state index in [2.05, 4.69) is 5.10 Å². The van der Waals surface area contributed by atoms with Crippen molar-refractivity contribution in [2.24, 2.45) is 0 Å². The van der Waals surface area contributed by atoms with Crippen molar-refractivity contribution in [2.45, 2.75) is 19.9 Å². The highest BCUT2D eigenvalue weighted by molar-refractivity contribution is 5.93. The van der Waals surface area contributed by atoms with Gasteiger partial charge in [0.15, 0.2) is 0 Å². The fourth-order valence-electron chi connectivity index (χ4n) is 1.64. The average Bonchev–Trinajstić information content (AvgIpc) is 2.61. The van der Waals surface area contributed by atoms with Gasteiger partial charge < -0.3 is 5.11 Å². The first-order valence-electron chi connectivity index (χ1n) is 4.90. The Kier molecular flexibility index (Phi) is 2.38. The van der Waals surface area contributed by atoms with Crippen molar-refractivity contribution < 1.29 is 14.3 Å². The molecule has 4 nitrogen and oxygen atoms in total. The number of rotatable bonds is 2. The van der Waals surface area contributed by atoms with E-state index in [0.29, 0.717) is 10.9 Å². The zero-order valence-electron chi connectivity index (χ0n) is 8.94. The fraction of sp³-hybridized carbons (Fsp3) is 0.273. The molecule has 0 aliphatic carbocycles. The molecule has 16 heavy (non-hydrogen) atoms. The molecule has 0 aliphatic heterocycles. The summed E-state index contributed by atoms with van der Waals surface area (Å²) in [6.45, 7) is 3.80. The SMILES string of the molecule is CC(C)n1ncc2c(F)cc(C(=O)O)cc21. The molecule has 0 aliphatic rings. The van der Waals surface area contributed by atoms with Crippen LogP contribution in [-0.2, 0) is 0 Å². The van der Waals surface area contributed by atoms with Crippen molar-refractivity contribution in [1.29, 1.82) is 0 Å². The summed E-state index contributed by atoms with van der Waals surface area (Å²) in [7, 11) is 0. The molecule has 0 atom stereocenters. The molecule has 1 N–H and O–H groups in total. The van der Waals surface area contributed by atoms with E-state index in [1.54, 1.807) is 4.68 Å². The first-order chi connectivity index (χ1) is 7.50. The minimum Gasteiger partial charge on any atom is -0.478 e. The molecular formula is C11H11FN2O2. The Labute approximate surface area is 91.3 Å². The molecule has 0 unspecified atom stereocenters. The van der Waals surface area contributed by atoms with Crippen LogP contribution >= 0.6 is 0 Å². The summed E-state index contributed by atoms with van der Waals surface area (Å²) >= 11 is 0. The number of hydrogen-bond donors (Lipinski definition) is 1. The number of benzene rings is 1. The third-order valence-electron chi connectivity index (χ3n) is 2.40. The molecule has 0 saturated carbocycles. The Hall–Kier alpha value is -1.91. The molecule has 2 aromatic rings. The lowest BCUT2D eigenvalue weighted by Gasteiger charge is -2.07. The molecule has 1 aromatic carbocycles. The van der Waals surface area contributed by atoms with Crippen LogP contribution in [0.4, 0.5) is 4.39 Å². The highest BCUT2D eigenvalue weighted by atomic mass is 19.1. The first-order valence-corrected chi connectivity index (χ1v) is 4.90. The van der Waals surface area contributed by atoms with Crippen LogP contribution in [0, 0.1) is 5.82 Å². The fourth-order valence-corrected chi connectivity index (χ4v) is 1.64. The molecule has 2 rings (SSSR count). The third-order valence-corrected chi connectivity index (χ3v) is 2.40. The van der Waals surface area contributed by atoms with Gasteiger partial charge in [-0.25, -0.2) is 9.18 Å². The number of halogens is 1. The first kappa shape index (κ1) is 10.6. The lowest BCUT2D eigenvalue weighted by Crippen LogP contribution is -2.04. The van der Waals surface area contributed by atoms with Crippen LogP contribution in [-0.4, -0.2) is 20.9 Å². The lowest BCUT2D eigenvalue weighted by molar-refractivity contribution is 0.0696. The van der Waals surface area contributed by atoms with Gasteiger partial charge in [0.05, 0.1) is 22.7 Å². The standard InChI is InChI=1S/C11H11FN2O2/c1-6(2)14-10-4-7(11(15)16)3-9(12)8(10)5-13-14/h3-6H,1-2H3,(H,15,16). The molecule has 0 saturated heterocycles. The predicted octanol–water partition coefficient (Wildman–Crippen LogP) is 2.45. The Morgan fingerprint density at radius 3 is 2.75 bits per heavy atom. The van der Waals surface area contributed by atoms with E-state index in [1.807, 2.05) is 13.8 Å². The maximum absolute atomic E-state index is 13.6. The third kappa shape index (κ3) is 1.54. The second kappa shape index (κ2) is 3.59. The van der Waals surface area contributed by atoms with E-state index < -0.39 is 11.8 Å². The molecule has 0 spiro atoms. The summed E-state index contributed by atoms with van der Waals surface area (Å²) < 4.78 is 15.2. The van der Waals surface area contributed by atoms with Crippen LogP contribution in [0.5, 0.6) is 0 Å². The summed E-state index contributed by atoms with van der Waals surface area (Å²) in [4.78, 5) is 10.8. The lowest BCUT2D eigenvalue weighted by atomic mass is 10.1. The van der Waals surface area contributed by atoms with Crippen LogP contribution < -0.4 is 0 Å². The van der Waals surface area contributed by atoms with Crippen molar-refractivity contribution >= 4 is 16.9 Å². The highest BCUT2D eigenvalue weighted by Gasteiger charge is 2.14. The number of carboxylic acids is 1. The van der Waals surface area contributed by atoms with Gasteiger partial charge in [0.1, 0.15) is 5.82 Å². The summed E-state index contributed by atoms with van der Waals surface area (Å²) in [6, 6.07) is 2.51. The topological polar surface area (TPSA) is 55.1 Å². The van der Waals surface area contributed by atoms with Crippen LogP contribution in [0.1, 0.15) is 30.2 Å². The Morgan fingerprint density at radius 2 is 2.19 bits per heavy atom. The van der Waals surface area contributed by atoms with Gasteiger partial charge in [0.2, 0.25) is 0 Å². The van der Waals surface area contributed by atoms with Gasteiger partial charge >= 0.3 is 5.97 Å². The molecular weight excluding hydrogens is 211 g/mol. The molecule has 1 aromatic heterocycles. The summed E-state index contributed by atoms with van der Waals surface area (Å²) in [5.74, 6) is -1.70. The Morgan fingerprint density at radius 1 is 1.50 bits per heavy atom. The normalized spacial score (nSPS) is 11.2. The average molecular weight is 222 g/mol. The van der Waals surface area contributed by atoms with Crippen LogP contribution in [0.3, 0.4) is 0 Å². The zero-order chi connectivity index (χ0) is 11.9. The number of carbonyl (C=O) groups is 1. The second-order valence-electron chi connectivity index (χ2n) is 3.88. The molecule has 0 amide bonds. The summed E-state index contributed by atoms with van der Waals surface area (Å²) in [5.41, 5.74) is 0.444. The molecule has 84 valence electrons. The quantitative estimate of drug-likeness (QED) is 0.849. The van der Waals surface area contributed by atoms with Crippen molar-refractivity contribution in [3.63, 3.8) is 0 Å². The number of nitrogens with zero attached hydrogens (tertiary/aromatic N) is 2. The molecule has 0 fully saturated rings. The van der Waals surface area contributed by atoms with Gasteiger partial charge in [-0.2, -0.15) is 5.10 Å². The Balaban J connectivity index is 2.76. The van der Waals surface area contributed by atoms with E-state index in [1.165, 1.54) is 12.3 Å². The highest BCUT2D eigenvalue weighted by Crippen LogP contribution is 2.22. The smallest absolute Gasteiger partial charge is 0.335 e. The van der Waals surface area contributed by atoms with Crippen LogP contribution in [0.2, 0.25) is 0 Å². The number of aromatic nitrogens is 2. The van der Waals surface area contributed by atoms with Crippen molar-refractivity contribution in [1.82, 2.24) is 9.78 Å². The van der Waals surface area contributed by atoms with E-state index in [-0.39, 0.29) is 11.6 Å². The van der Waals surface area contributed by atoms with Gasteiger partial charge in [-0.1, -0.05) is 0 Å². The van der Waals surface area contributed by atoms with Crippen molar-refractivity contribution in [2.75, 3.05) is 0 Å². The summed E-state index contributed by atoms with van der Waals surface area (Å²) in [6.07, 6.45) is 1.41. The zero-order valence-corrected chi connectivity index (χ0v) is 8.94. The molecule has 0 bridgehead atoms. The van der Waals surface area contributed by atoms with E-state index in [0.717, 1.165) is 6.07 Å².